The maximum atomic E-state index is 12.3. The molecule has 11 heteroatoms. The summed E-state index contributed by atoms with van der Waals surface area (Å²) >= 11 is 0. The van der Waals surface area contributed by atoms with Crippen molar-refractivity contribution in [2.45, 2.75) is 52.2 Å². The molecule has 1 aliphatic rings. The van der Waals surface area contributed by atoms with Crippen molar-refractivity contribution in [3.63, 3.8) is 0 Å². The number of imidazole rings is 1. The van der Waals surface area contributed by atoms with Gasteiger partial charge in [-0.25, -0.2) is 19.7 Å². The molecule has 4 heterocycles. The number of nitrogens with two attached hydrogens (primary N) is 1. The average Bonchev–Trinajstić information content (AvgIpc) is 3.15. The molecule has 0 bridgehead atoms. The molecule has 180 valence electrons. The molecule has 2 amide bonds. The van der Waals surface area contributed by atoms with Crippen LogP contribution in [0.3, 0.4) is 0 Å². The molecule has 4 rings (SSSR count). The Morgan fingerprint density at radius 2 is 1.88 bits per heavy atom. The highest BCUT2D eigenvalue weighted by molar-refractivity contribution is 5.87. The summed E-state index contributed by atoms with van der Waals surface area (Å²) in [6.45, 7) is 8.04. The Hall–Kier alpha value is -3.89. The maximum Gasteiger partial charge on any atom is 0.410 e. The minimum Gasteiger partial charge on any atom is -0.472 e. The normalized spacial score (nSPS) is 14.8. The van der Waals surface area contributed by atoms with Gasteiger partial charge in [-0.2, -0.15) is 0 Å². The number of ether oxygens (including phenoxy) is 2. The fourth-order valence-electron chi connectivity index (χ4n) is 3.63. The first-order valence-electron chi connectivity index (χ1n) is 11.1. The van der Waals surface area contributed by atoms with E-state index in [0.29, 0.717) is 43.1 Å². The fourth-order valence-corrected chi connectivity index (χ4v) is 3.63. The fraction of sp³-hybridized carbons (Fsp3) is 0.435. The number of nitrogen functional groups attached to an aromatic ring is 1. The van der Waals surface area contributed by atoms with E-state index in [9.17, 15) is 9.59 Å². The highest BCUT2D eigenvalue weighted by atomic mass is 16.6. The molecule has 0 unspecified atom stereocenters. The molecule has 34 heavy (non-hydrogen) atoms. The van der Waals surface area contributed by atoms with E-state index in [1.807, 2.05) is 39.1 Å². The number of anilines is 2. The number of rotatable bonds is 4. The molecule has 3 N–H and O–H groups in total. The Kier molecular flexibility index (Phi) is 6.27. The van der Waals surface area contributed by atoms with Crippen molar-refractivity contribution in [2.24, 2.45) is 0 Å². The molecule has 0 saturated carbocycles. The summed E-state index contributed by atoms with van der Waals surface area (Å²) in [5.74, 6) is 0.745. The standard InChI is InChI=1S/C23H29N7O4/c1-14(31)26-18-13-30-12-15(5-6-19(30)28-18)17-11-25-20(24)21(27-17)33-16-7-9-29(10-8-16)22(32)34-23(2,3)4/h5-6,11-13,16H,7-10H2,1-4H3,(H2,24,25)(H,26,31). The minimum absolute atomic E-state index is 0.137. The van der Waals surface area contributed by atoms with Crippen LogP contribution in [0.15, 0.2) is 30.7 Å². The zero-order valence-electron chi connectivity index (χ0n) is 19.7. The third-order valence-corrected chi connectivity index (χ3v) is 5.19. The van der Waals surface area contributed by atoms with Gasteiger partial charge in [-0.05, 0) is 32.9 Å². The van der Waals surface area contributed by atoms with E-state index >= 15 is 0 Å². The van der Waals surface area contributed by atoms with Crippen molar-refractivity contribution < 1.29 is 19.1 Å². The summed E-state index contributed by atoms with van der Waals surface area (Å²) in [7, 11) is 0. The summed E-state index contributed by atoms with van der Waals surface area (Å²) in [5, 5.41) is 2.67. The lowest BCUT2D eigenvalue weighted by Crippen LogP contribution is -2.44. The lowest BCUT2D eigenvalue weighted by Gasteiger charge is -2.33. The van der Waals surface area contributed by atoms with E-state index in [1.165, 1.54) is 6.92 Å². The van der Waals surface area contributed by atoms with Crippen LogP contribution in [-0.4, -0.2) is 61.0 Å². The Bertz CT molecular complexity index is 1210. The first kappa shape index (κ1) is 23.3. The Labute approximate surface area is 197 Å². The molecule has 3 aromatic rings. The number of piperidine rings is 1. The second kappa shape index (κ2) is 9.16. The minimum atomic E-state index is -0.528. The SMILES string of the molecule is CC(=O)Nc1cn2cc(-c3cnc(N)c(OC4CCN(C(=O)OC(C)(C)C)CC4)n3)ccc2n1. The first-order chi connectivity index (χ1) is 16.1. The van der Waals surface area contributed by atoms with E-state index in [1.54, 1.807) is 21.7 Å². The monoisotopic (exact) mass is 467 g/mol. The van der Waals surface area contributed by atoms with Crippen LogP contribution < -0.4 is 15.8 Å². The van der Waals surface area contributed by atoms with Crippen LogP contribution in [0.2, 0.25) is 0 Å². The first-order valence-corrected chi connectivity index (χ1v) is 11.1. The van der Waals surface area contributed by atoms with Crippen molar-refractivity contribution in [1.82, 2.24) is 24.3 Å². The molecular weight excluding hydrogens is 438 g/mol. The van der Waals surface area contributed by atoms with Gasteiger partial charge in [-0.15, -0.1) is 0 Å². The van der Waals surface area contributed by atoms with E-state index < -0.39 is 5.60 Å². The van der Waals surface area contributed by atoms with Crippen LogP contribution in [0, 0.1) is 0 Å². The molecule has 1 fully saturated rings. The lowest BCUT2D eigenvalue weighted by molar-refractivity contribution is -0.114. The zero-order valence-corrected chi connectivity index (χ0v) is 19.7. The number of carbonyl (C=O) groups excluding carboxylic acids is 2. The highest BCUT2D eigenvalue weighted by Gasteiger charge is 2.28. The number of aromatic nitrogens is 4. The Morgan fingerprint density at radius 3 is 2.56 bits per heavy atom. The Balaban J connectivity index is 1.45. The van der Waals surface area contributed by atoms with Gasteiger partial charge in [0.05, 0.1) is 18.1 Å². The van der Waals surface area contributed by atoms with Crippen molar-refractivity contribution in [3.8, 4) is 17.1 Å². The smallest absolute Gasteiger partial charge is 0.410 e. The molecule has 11 nitrogen and oxygen atoms in total. The maximum absolute atomic E-state index is 12.3. The number of amides is 2. The number of hydrogen-bond donors (Lipinski definition) is 2. The van der Waals surface area contributed by atoms with E-state index in [0.717, 1.165) is 5.56 Å². The van der Waals surface area contributed by atoms with E-state index in [2.05, 4.69) is 20.3 Å². The lowest BCUT2D eigenvalue weighted by atomic mass is 10.1. The van der Waals surface area contributed by atoms with E-state index in [4.69, 9.17) is 15.2 Å². The molecular formula is C23H29N7O4. The quantitative estimate of drug-likeness (QED) is 0.597. The number of pyridine rings is 1. The summed E-state index contributed by atoms with van der Waals surface area (Å²) < 4.78 is 13.3. The number of carbonyl (C=O) groups is 2. The van der Waals surface area contributed by atoms with Gasteiger partial charge in [0.15, 0.2) is 11.6 Å². The van der Waals surface area contributed by atoms with Gasteiger partial charge in [0.1, 0.15) is 17.4 Å². The summed E-state index contributed by atoms with van der Waals surface area (Å²) in [4.78, 5) is 38.4. The van der Waals surface area contributed by atoms with Crippen LogP contribution in [0.5, 0.6) is 5.88 Å². The number of likely N-dealkylation sites (tertiary alicyclic amines) is 1. The molecule has 0 aliphatic carbocycles. The summed E-state index contributed by atoms with van der Waals surface area (Å²) in [6.07, 6.45) is 5.97. The van der Waals surface area contributed by atoms with Gasteiger partial charge in [-0.1, -0.05) is 0 Å². The molecule has 0 radical (unpaired) electrons. The molecule has 0 spiro atoms. The number of fused-ring (bicyclic) bond motifs is 1. The molecule has 3 aromatic heterocycles. The zero-order chi connectivity index (χ0) is 24.5. The second-order valence-corrected chi connectivity index (χ2v) is 9.22. The molecule has 1 aliphatic heterocycles. The number of nitrogens with zero attached hydrogens (tertiary/aromatic N) is 5. The van der Waals surface area contributed by atoms with Gasteiger partial charge in [-0.3, -0.25) is 4.79 Å². The van der Waals surface area contributed by atoms with Crippen molar-refractivity contribution in [3.05, 3.63) is 30.7 Å². The van der Waals surface area contributed by atoms with Crippen LogP contribution in [0.4, 0.5) is 16.4 Å². The highest BCUT2D eigenvalue weighted by Crippen LogP contribution is 2.26. The van der Waals surface area contributed by atoms with Gasteiger partial charge in [0.25, 0.3) is 5.88 Å². The molecule has 0 aromatic carbocycles. The average molecular weight is 468 g/mol. The van der Waals surface area contributed by atoms with Crippen molar-refractivity contribution >= 4 is 29.3 Å². The van der Waals surface area contributed by atoms with Crippen LogP contribution in [0.1, 0.15) is 40.5 Å². The van der Waals surface area contributed by atoms with E-state index in [-0.39, 0.29) is 29.8 Å². The number of nitrogens with one attached hydrogen (secondary N) is 1. The number of hydrogen-bond acceptors (Lipinski definition) is 8. The summed E-state index contributed by atoms with van der Waals surface area (Å²) in [6, 6.07) is 3.69. The van der Waals surface area contributed by atoms with Crippen LogP contribution in [0.25, 0.3) is 16.9 Å². The predicted octanol–water partition coefficient (Wildman–Crippen LogP) is 3.11. The van der Waals surface area contributed by atoms with Gasteiger partial charge in [0.2, 0.25) is 5.91 Å². The van der Waals surface area contributed by atoms with Crippen LogP contribution in [-0.2, 0) is 9.53 Å². The predicted molar refractivity (Wildman–Crippen MR) is 126 cm³/mol. The second-order valence-electron chi connectivity index (χ2n) is 9.22. The topological polar surface area (TPSA) is 137 Å². The van der Waals surface area contributed by atoms with Crippen molar-refractivity contribution in [1.29, 1.82) is 0 Å². The van der Waals surface area contributed by atoms with Gasteiger partial charge >= 0.3 is 6.09 Å². The summed E-state index contributed by atoms with van der Waals surface area (Å²) in [5.41, 5.74) is 7.57. The third-order valence-electron chi connectivity index (χ3n) is 5.19. The van der Waals surface area contributed by atoms with Crippen molar-refractivity contribution in [2.75, 3.05) is 24.1 Å². The Morgan fingerprint density at radius 1 is 1.15 bits per heavy atom. The van der Waals surface area contributed by atoms with Crippen LogP contribution >= 0.6 is 0 Å². The largest absolute Gasteiger partial charge is 0.472 e. The third kappa shape index (κ3) is 5.53. The molecule has 0 atom stereocenters. The molecule has 1 saturated heterocycles. The van der Waals surface area contributed by atoms with Gasteiger partial charge in [0, 0.05) is 44.6 Å². The van der Waals surface area contributed by atoms with Gasteiger partial charge < -0.3 is 29.8 Å².